The largest absolute Gasteiger partial charge is 0.309 e. The van der Waals surface area contributed by atoms with Crippen LogP contribution in [0.15, 0.2) is 18.5 Å². The Hall–Kier alpha value is -1.29. The monoisotopic (exact) mass is 196 g/mol. The maximum Gasteiger partial charge on any atom is 0.167 e. The highest BCUT2D eigenvalue weighted by molar-refractivity contribution is 5.96. The molecule has 76 valence electrons. The molecular formula is C10H13FN2O. The molecule has 14 heavy (non-hydrogen) atoms. The summed E-state index contributed by atoms with van der Waals surface area (Å²) < 4.78 is 13.1. The number of carbonyl (C=O) groups excluding carboxylic acids is 1. The average Bonchev–Trinajstić information content (AvgIpc) is 2.15. The van der Waals surface area contributed by atoms with Gasteiger partial charge in [0.1, 0.15) is 0 Å². The standard InChI is InChI=1S/C10H13FN2O/c1-13(2)6-4-10(14)8-3-5-12-7-9(8)11/h3,5,7H,4,6H2,1-2H3. The lowest BCUT2D eigenvalue weighted by molar-refractivity contribution is 0.0968. The Kier molecular flexibility index (Phi) is 3.71. The van der Waals surface area contributed by atoms with Crippen LogP contribution in [0.3, 0.4) is 0 Å². The third-order valence-electron chi connectivity index (χ3n) is 1.86. The summed E-state index contributed by atoms with van der Waals surface area (Å²) in [5.41, 5.74) is 0.127. The van der Waals surface area contributed by atoms with E-state index in [2.05, 4.69) is 4.98 Å². The molecule has 0 saturated heterocycles. The second-order valence-electron chi connectivity index (χ2n) is 3.33. The molecule has 0 aliphatic carbocycles. The highest BCUT2D eigenvalue weighted by Gasteiger charge is 2.10. The van der Waals surface area contributed by atoms with Crippen LogP contribution < -0.4 is 0 Å². The molecule has 0 N–H and O–H groups in total. The minimum atomic E-state index is -0.545. The van der Waals surface area contributed by atoms with Crippen LogP contribution in [0.1, 0.15) is 16.8 Å². The highest BCUT2D eigenvalue weighted by atomic mass is 19.1. The molecule has 0 fully saturated rings. The summed E-state index contributed by atoms with van der Waals surface area (Å²) in [6.07, 6.45) is 2.81. The minimum Gasteiger partial charge on any atom is -0.309 e. The molecule has 4 heteroatoms. The van der Waals surface area contributed by atoms with Gasteiger partial charge in [-0.15, -0.1) is 0 Å². The zero-order valence-corrected chi connectivity index (χ0v) is 8.33. The fraction of sp³-hybridized carbons (Fsp3) is 0.400. The molecule has 1 aromatic heterocycles. The lowest BCUT2D eigenvalue weighted by Crippen LogP contribution is -2.17. The average molecular weight is 196 g/mol. The lowest BCUT2D eigenvalue weighted by atomic mass is 10.1. The van der Waals surface area contributed by atoms with E-state index < -0.39 is 5.82 Å². The van der Waals surface area contributed by atoms with Gasteiger partial charge in [-0.3, -0.25) is 9.78 Å². The molecule has 1 aromatic rings. The number of ketones is 1. The minimum absolute atomic E-state index is 0.127. The predicted octanol–water partition coefficient (Wildman–Crippen LogP) is 1.36. The van der Waals surface area contributed by atoms with Gasteiger partial charge in [0, 0.05) is 19.2 Å². The topological polar surface area (TPSA) is 33.2 Å². The normalized spacial score (nSPS) is 10.6. The summed E-state index contributed by atoms with van der Waals surface area (Å²) in [4.78, 5) is 16.9. The van der Waals surface area contributed by atoms with Gasteiger partial charge < -0.3 is 4.90 Å². The number of pyridine rings is 1. The van der Waals surface area contributed by atoms with Crippen LogP contribution in [0, 0.1) is 5.82 Å². The number of hydrogen-bond donors (Lipinski definition) is 0. The SMILES string of the molecule is CN(C)CCC(=O)c1ccncc1F. The van der Waals surface area contributed by atoms with Crippen molar-refractivity contribution in [2.75, 3.05) is 20.6 Å². The first-order valence-corrected chi connectivity index (χ1v) is 4.38. The van der Waals surface area contributed by atoms with E-state index in [9.17, 15) is 9.18 Å². The fourth-order valence-electron chi connectivity index (χ4n) is 1.06. The molecule has 3 nitrogen and oxygen atoms in total. The predicted molar refractivity (Wildman–Crippen MR) is 51.7 cm³/mol. The molecule has 0 bridgehead atoms. The molecule has 0 spiro atoms. The van der Waals surface area contributed by atoms with Crippen molar-refractivity contribution < 1.29 is 9.18 Å². The van der Waals surface area contributed by atoms with Gasteiger partial charge in [-0.25, -0.2) is 4.39 Å². The van der Waals surface area contributed by atoms with Crippen LogP contribution >= 0.6 is 0 Å². The molecule has 0 amide bonds. The summed E-state index contributed by atoms with van der Waals surface area (Å²) in [5.74, 6) is -0.727. The first-order chi connectivity index (χ1) is 6.61. The van der Waals surface area contributed by atoms with Gasteiger partial charge in [0.25, 0.3) is 0 Å². The Morgan fingerprint density at radius 2 is 2.29 bits per heavy atom. The first-order valence-electron chi connectivity index (χ1n) is 4.38. The van der Waals surface area contributed by atoms with Gasteiger partial charge in [-0.2, -0.15) is 0 Å². The Balaban J connectivity index is 2.65. The maximum absolute atomic E-state index is 13.1. The zero-order valence-electron chi connectivity index (χ0n) is 8.33. The van der Waals surface area contributed by atoms with Crippen molar-refractivity contribution in [2.24, 2.45) is 0 Å². The van der Waals surface area contributed by atoms with Crippen LogP contribution in [-0.2, 0) is 0 Å². The van der Waals surface area contributed by atoms with Crippen molar-refractivity contribution in [1.29, 1.82) is 0 Å². The second-order valence-corrected chi connectivity index (χ2v) is 3.33. The number of hydrogen-bond acceptors (Lipinski definition) is 3. The van der Waals surface area contributed by atoms with Crippen molar-refractivity contribution in [2.45, 2.75) is 6.42 Å². The maximum atomic E-state index is 13.1. The number of Topliss-reactive ketones (excluding diaryl/α,β-unsaturated/α-hetero) is 1. The van der Waals surface area contributed by atoms with E-state index >= 15 is 0 Å². The fourth-order valence-corrected chi connectivity index (χ4v) is 1.06. The number of nitrogens with zero attached hydrogens (tertiary/aromatic N) is 2. The van der Waals surface area contributed by atoms with Crippen molar-refractivity contribution in [1.82, 2.24) is 9.88 Å². The Labute approximate surface area is 82.6 Å². The first kappa shape index (κ1) is 10.8. The zero-order chi connectivity index (χ0) is 10.6. The number of aromatic nitrogens is 1. The van der Waals surface area contributed by atoms with E-state index in [1.165, 1.54) is 12.3 Å². The Morgan fingerprint density at radius 1 is 1.57 bits per heavy atom. The molecule has 0 radical (unpaired) electrons. The van der Waals surface area contributed by atoms with Gasteiger partial charge in [0.05, 0.1) is 11.8 Å². The second kappa shape index (κ2) is 4.81. The molecule has 1 rings (SSSR count). The Morgan fingerprint density at radius 3 is 2.86 bits per heavy atom. The number of halogens is 1. The Bertz CT molecular complexity index is 326. The third kappa shape index (κ3) is 2.88. The van der Waals surface area contributed by atoms with Crippen LogP contribution in [0.2, 0.25) is 0 Å². The van der Waals surface area contributed by atoms with Crippen molar-refractivity contribution in [3.05, 3.63) is 29.8 Å². The summed E-state index contributed by atoms with van der Waals surface area (Å²) in [5, 5.41) is 0. The van der Waals surface area contributed by atoms with Gasteiger partial charge in [0.2, 0.25) is 0 Å². The van der Waals surface area contributed by atoms with E-state index in [0.717, 1.165) is 6.20 Å². The van der Waals surface area contributed by atoms with Gasteiger partial charge in [-0.1, -0.05) is 0 Å². The summed E-state index contributed by atoms with van der Waals surface area (Å²) >= 11 is 0. The highest BCUT2D eigenvalue weighted by Crippen LogP contribution is 2.07. The van der Waals surface area contributed by atoms with Crippen molar-refractivity contribution in [3.63, 3.8) is 0 Å². The summed E-state index contributed by atoms with van der Waals surface area (Å²) in [7, 11) is 3.74. The van der Waals surface area contributed by atoms with E-state index in [0.29, 0.717) is 13.0 Å². The molecule has 1 heterocycles. The molecule has 0 aliphatic heterocycles. The summed E-state index contributed by atoms with van der Waals surface area (Å²) in [6, 6.07) is 1.41. The van der Waals surface area contributed by atoms with E-state index in [-0.39, 0.29) is 11.3 Å². The molecular weight excluding hydrogens is 183 g/mol. The van der Waals surface area contributed by atoms with Crippen LogP contribution in [0.5, 0.6) is 0 Å². The van der Waals surface area contributed by atoms with Gasteiger partial charge >= 0.3 is 0 Å². The molecule has 0 atom stereocenters. The smallest absolute Gasteiger partial charge is 0.167 e. The molecule has 0 unspecified atom stereocenters. The molecule has 0 saturated carbocycles. The van der Waals surface area contributed by atoms with Crippen molar-refractivity contribution in [3.8, 4) is 0 Å². The quantitative estimate of drug-likeness (QED) is 0.681. The lowest BCUT2D eigenvalue weighted by Gasteiger charge is -2.08. The van der Waals surface area contributed by atoms with Crippen LogP contribution in [-0.4, -0.2) is 36.3 Å². The van der Waals surface area contributed by atoms with E-state index in [1.807, 2.05) is 19.0 Å². The van der Waals surface area contributed by atoms with E-state index in [1.54, 1.807) is 0 Å². The van der Waals surface area contributed by atoms with Crippen LogP contribution in [0.25, 0.3) is 0 Å². The molecule has 0 aliphatic rings. The summed E-state index contributed by atoms with van der Waals surface area (Å²) in [6.45, 7) is 0.626. The van der Waals surface area contributed by atoms with Gasteiger partial charge in [0.15, 0.2) is 11.6 Å². The molecule has 0 aromatic carbocycles. The van der Waals surface area contributed by atoms with Crippen molar-refractivity contribution >= 4 is 5.78 Å². The van der Waals surface area contributed by atoms with E-state index in [4.69, 9.17) is 0 Å². The number of rotatable bonds is 4. The number of carbonyl (C=O) groups is 1. The third-order valence-corrected chi connectivity index (χ3v) is 1.86. The van der Waals surface area contributed by atoms with Crippen LogP contribution in [0.4, 0.5) is 4.39 Å². The van der Waals surface area contributed by atoms with Gasteiger partial charge in [-0.05, 0) is 20.2 Å².